The summed E-state index contributed by atoms with van der Waals surface area (Å²) >= 11 is 4.92. The Morgan fingerprint density at radius 1 is 1.29 bits per heavy atom. The summed E-state index contributed by atoms with van der Waals surface area (Å²) in [7, 11) is 0. The van der Waals surface area contributed by atoms with Gasteiger partial charge in [-0.1, -0.05) is 39.0 Å². The van der Waals surface area contributed by atoms with Gasteiger partial charge in [0.25, 0.3) is 0 Å². The standard InChI is InChI=1S/C13H20BrNOS/c1-2-3-4-5-6-7-8-12(16)15-13-9-11(14)10-17-13/h9-10H,2-8H2,1H3,(H,15,16). The molecule has 2 nitrogen and oxygen atoms in total. The van der Waals surface area contributed by atoms with Gasteiger partial charge in [0.15, 0.2) is 0 Å². The third-order valence-electron chi connectivity index (χ3n) is 2.59. The summed E-state index contributed by atoms with van der Waals surface area (Å²) in [4.78, 5) is 11.6. The predicted molar refractivity (Wildman–Crippen MR) is 78.6 cm³/mol. The minimum Gasteiger partial charge on any atom is -0.318 e. The molecule has 0 atom stereocenters. The lowest BCUT2D eigenvalue weighted by Crippen LogP contribution is -2.09. The van der Waals surface area contributed by atoms with Crippen LogP contribution in [0.1, 0.15) is 51.9 Å². The molecule has 0 aliphatic rings. The molecule has 1 heterocycles. The Labute approximate surface area is 116 Å². The molecule has 0 saturated heterocycles. The molecule has 1 aromatic rings. The van der Waals surface area contributed by atoms with Crippen molar-refractivity contribution in [2.75, 3.05) is 5.32 Å². The van der Waals surface area contributed by atoms with Crippen LogP contribution in [0, 0.1) is 0 Å². The number of hydrogen-bond acceptors (Lipinski definition) is 2. The minimum absolute atomic E-state index is 0.134. The summed E-state index contributed by atoms with van der Waals surface area (Å²) in [6, 6.07) is 1.93. The van der Waals surface area contributed by atoms with Crippen molar-refractivity contribution in [2.45, 2.75) is 51.9 Å². The highest BCUT2D eigenvalue weighted by Crippen LogP contribution is 2.24. The van der Waals surface area contributed by atoms with Crippen molar-refractivity contribution >= 4 is 38.2 Å². The van der Waals surface area contributed by atoms with Gasteiger partial charge < -0.3 is 5.32 Å². The first-order chi connectivity index (χ1) is 8.22. The van der Waals surface area contributed by atoms with Crippen LogP contribution in [-0.4, -0.2) is 5.91 Å². The summed E-state index contributed by atoms with van der Waals surface area (Å²) in [5.41, 5.74) is 0. The molecule has 1 N–H and O–H groups in total. The van der Waals surface area contributed by atoms with Crippen LogP contribution in [0.25, 0.3) is 0 Å². The molecule has 1 aromatic heterocycles. The zero-order chi connectivity index (χ0) is 12.5. The molecule has 0 fully saturated rings. The van der Waals surface area contributed by atoms with Gasteiger partial charge in [-0.2, -0.15) is 0 Å². The molecule has 0 unspecified atom stereocenters. The molecule has 96 valence electrons. The summed E-state index contributed by atoms with van der Waals surface area (Å²) in [5.74, 6) is 0.134. The molecule has 0 saturated carbocycles. The fourth-order valence-corrected chi connectivity index (χ4v) is 2.98. The Morgan fingerprint density at radius 3 is 2.65 bits per heavy atom. The van der Waals surface area contributed by atoms with E-state index >= 15 is 0 Å². The van der Waals surface area contributed by atoms with E-state index in [1.165, 1.54) is 32.1 Å². The Morgan fingerprint density at radius 2 is 2.00 bits per heavy atom. The summed E-state index contributed by atoms with van der Waals surface area (Å²) in [6.07, 6.45) is 7.95. The Hall–Kier alpha value is -0.350. The maximum atomic E-state index is 11.6. The van der Waals surface area contributed by atoms with Crippen LogP contribution in [0.5, 0.6) is 0 Å². The zero-order valence-electron chi connectivity index (χ0n) is 10.3. The van der Waals surface area contributed by atoms with Crippen LogP contribution >= 0.6 is 27.3 Å². The second-order valence-electron chi connectivity index (χ2n) is 4.20. The minimum atomic E-state index is 0.134. The molecule has 0 aliphatic heterocycles. The van der Waals surface area contributed by atoms with Gasteiger partial charge in [-0.15, -0.1) is 11.3 Å². The smallest absolute Gasteiger partial charge is 0.224 e. The zero-order valence-corrected chi connectivity index (χ0v) is 12.7. The van der Waals surface area contributed by atoms with Gasteiger partial charge in [-0.3, -0.25) is 4.79 Å². The number of amides is 1. The van der Waals surface area contributed by atoms with Crippen molar-refractivity contribution < 1.29 is 4.79 Å². The Bertz CT molecular complexity index is 338. The predicted octanol–water partition coefficient (Wildman–Crippen LogP) is 5.20. The normalized spacial score (nSPS) is 10.5. The van der Waals surface area contributed by atoms with Crippen LogP contribution in [0.3, 0.4) is 0 Å². The number of anilines is 1. The fraction of sp³-hybridized carbons (Fsp3) is 0.615. The van der Waals surface area contributed by atoms with Crippen LogP contribution in [0.15, 0.2) is 15.9 Å². The van der Waals surface area contributed by atoms with E-state index in [1.807, 2.05) is 11.4 Å². The molecule has 0 aromatic carbocycles. The van der Waals surface area contributed by atoms with E-state index in [0.29, 0.717) is 6.42 Å². The number of hydrogen-bond donors (Lipinski definition) is 1. The highest BCUT2D eigenvalue weighted by molar-refractivity contribution is 9.10. The topological polar surface area (TPSA) is 29.1 Å². The first-order valence-electron chi connectivity index (χ1n) is 6.26. The monoisotopic (exact) mass is 317 g/mol. The highest BCUT2D eigenvalue weighted by atomic mass is 79.9. The molecule has 17 heavy (non-hydrogen) atoms. The molecule has 0 bridgehead atoms. The molecular weight excluding hydrogens is 298 g/mol. The van der Waals surface area contributed by atoms with E-state index in [2.05, 4.69) is 28.2 Å². The van der Waals surface area contributed by atoms with Crippen LogP contribution in [0.4, 0.5) is 5.00 Å². The second kappa shape index (κ2) is 8.70. The lowest BCUT2D eigenvalue weighted by molar-refractivity contribution is -0.116. The van der Waals surface area contributed by atoms with Crippen molar-refractivity contribution in [1.29, 1.82) is 0 Å². The molecule has 0 aliphatic carbocycles. The van der Waals surface area contributed by atoms with Crippen LogP contribution in [0.2, 0.25) is 0 Å². The number of halogens is 1. The fourth-order valence-electron chi connectivity index (χ4n) is 1.64. The van der Waals surface area contributed by atoms with E-state index in [9.17, 15) is 4.79 Å². The van der Waals surface area contributed by atoms with E-state index in [-0.39, 0.29) is 5.91 Å². The Kier molecular flexibility index (Phi) is 7.53. The van der Waals surface area contributed by atoms with Crippen molar-refractivity contribution in [3.63, 3.8) is 0 Å². The largest absolute Gasteiger partial charge is 0.318 e. The first-order valence-corrected chi connectivity index (χ1v) is 7.93. The van der Waals surface area contributed by atoms with E-state index < -0.39 is 0 Å². The Balaban J connectivity index is 2.05. The average molecular weight is 318 g/mol. The van der Waals surface area contributed by atoms with Gasteiger partial charge in [0.05, 0.1) is 5.00 Å². The van der Waals surface area contributed by atoms with Gasteiger partial charge in [-0.05, 0) is 28.4 Å². The lowest BCUT2D eigenvalue weighted by Gasteiger charge is -2.02. The van der Waals surface area contributed by atoms with E-state index in [4.69, 9.17) is 0 Å². The van der Waals surface area contributed by atoms with Gasteiger partial charge in [0, 0.05) is 16.3 Å². The summed E-state index contributed by atoms with van der Waals surface area (Å²) < 4.78 is 1.03. The van der Waals surface area contributed by atoms with E-state index in [0.717, 1.165) is 15.9 Å². The van der Waals surface area contributed by atoms with Crippen molar-refractivity contribution in [2.24, 2.45) is 0 Å². The number of carbonyl (C=O) groups excluding carboxylic acids is 1. The summed E-state index contributed by atoms with van der Waals surface area (Å²) in [6.45, 7) is 2.21. The lowest BCUT2D eigenvalue weighted by atomic mass is 10.1. The number of rotatable bonds is 8. The third-order valence-corrected chi connectivity index (χ3v) is 4.19. The van der Waals surface area contributed by atoms with Crippen molar-refractivity contribution in [3.05, 3.63) is 15.9 Å². The second-order valence-corrected chi connectivity index (χ2v) is 6.02. The molecule has 4 heteroatoms. The number of thiophene rings is 1. The first kappa shape index (κ1) is 14.7. The quantitative estimate of drug-likeness (QED) is 0.656. The molecular formula is C13H20BrNOS. The van der Waals surface area contributed by atoms with Crippen molar-refractivity contribution in [3.8, 4) is 0 Å². The van der Waals surface area contributed by atoms with Crippen LogP contribution in [-0.2, 0) is 4.79 Å². The van der Waals surface area contributed by atoms with Crippen molar-refractivity contribution in [1.82, 2.24) is 0 Å². The molecule has 0 radical (unpaired) electrons. The summed E-state index contributed by atoms with van der Waals surface area (Å²) in [5, 5.41) is 5.81. The number of unbranched alkanes of at least 4 members (excludes halogenated alkanes) is 5. The maximum absolute atomic E-state index is 11.6. The van der Waals surface area contributed by atoms with Gasteiger partial charge >= 0.3 is 0 Å². The third kappa shape index (κ3) is 6.84. The SMILES string of the molecule is CCCCCCCCC(=O)Nc1cc(Br)cs1. The molecule has 0 spiro atoms. The number of nitrogens with one attached hydrogen (secondary N) is 1. The van der Waals surface area contributed by atoms with E-state index in [1.54, 1.807) is 11.3 Å². The van der Waals surface area contributed by atoms with Gasteiger partial charge in [0.2, 0.25) is 5.91 Å². The average Bonchev–Trinajstić information content (AvgIpc) is 2.69. The van der Waals surface area contributed by atoms with Crippen LogP contribution < -0.4 is 5.32 Å². The molecule has 1 rings (SSSR count). The number of carbonyl (C=O) groups is 1. The van der Waals surface area contributed by atoms with Gasteiger partial charge in [-0.25, -0.2) is 0 Å². The van der Waals surface area contributed by atoms with Gasteiger partial charge in [0.1, 0.15) is 0 Å². The maximum Gasteiger partial charge on any atom is 0.224 e. The highest BCUT2D eigenvalue weighted by Gasteiger charge is 2.03. The molecule has 1 amide bonds.